The molecule has 3 heterocycles. The van der Waals surface area contributed by atoms with E-state index in [1.165, 1.54) is 35.4 Å². The monoisotopic (exact) mass is 411 g/mol. The van der Waals surface area contributed by atoms with E-state index >= 15 is 0 Å². The third kappa shape index (κ3) is 3.86. The number of carbonyl (C=O) groups is 1. The number of hydrogen-bond donors (Lipinski definition) is 1. The standard InChI is InChI=1S/C21H16F3N5O/c1-12-16(10-26-20(27-12)13-4-2-5-15(22)8-13)21(30)28-29-11-14(9-18(23)24)19-17(29)6-3-7-25-19/h2-8,10-11,18H,9H2,1H3,(H,28,30). The van der Waals surface area contributed by atoms with Crippen LogP contribution in [0.25, 0.3) is 22.4 Å². The Labute approximate surface area is 169 Å². The van der Waals surface area contributed by atoms with E-state index < -0.39 is 24.6 Å². The first-order valence-electron chi connectivity index (χ1n) is 9.06. The number of aromatic nitrogens is 4. The van der Waals surface area contributed by atoms with Gasteiger partial charge in [0.1, 0.15) is 5.82 Å². The summed E-state index contributed by atoms with van der Waals surface area (Å²) in [7, 11) is 0. The Morgan fingerprint density at radius 2 is 2.03 bits per heavy atom. The number of fused-ring (bicyclic) bond motifs is 1. The van der Waals surface area contributed by atoms with Gasteiger partial charge in [-0.3, -0.25) is 19.9 Å². The van der Waals surface area contributed by atoms with Crippen molar-refractivity contribution in [1.29, 1.82) is 0 Å². The predicted molar refractivity (Wildman–Crippen MR) is 105 cm³/mol. The highest BCUT2D eigenvalue weighted by atomic mass is 19.3. The minimum absolute atomic E-state index is 0.205. The zero-order chi connectivity index (χ0) is 21.3. The van der Waals surface area contributed by atoms with Gasteiger partial charge in [0.25, 0.3) is 5.91 Å². The second kappa shape index (κ2) is 7.94. The Balaban J connectivity index is 1.63. The summed E-state index contributed by atoms with van der Waals surface area (Å²) in [5.74, 6) is -0.635. The van der Waals surface area contributed by atoms with Crippen molar-refractivity contribution in [2.75, 3.05) is 5.43 Å². The zero-order valence-corrected chi connectivity index (χ0v) is 15.8. The number of nitrogens with one attached hydrogen (secondary N) is 1. The molecule has 0 saturated carbocycles. The highest BCUT2D eigenvalue weighted by molar-refractivity contribution is 6.01. The highest BCUT2D eigenvalue weighted by Gasteiger charge is 2.17. The van der Waals surface area contributed by atoms with Gasteiger partial charge in [0.05, 0.1) is 22.3 Å². The normalized spacial score (nSPS) is 11.2. The lowest BCUT2D eigenvalue weighted by Crippen LogP contribution is -2.23. The van der Waals surface area contributed by atoms with Crippen LogP contribution < -0.4 is 5.43 Å². The van der Waals surface area contributed by atoms with Gasteiger partial charge in [0.2, 0.25) is 6.43 Å². The quantitative estimate of drug-likeness (QED) is 0.536. The minimum Gasteiger partial charge on any atom is -0.267 e. The van der Waals surface area contributed by atoms with E-state index in [0.29, 0.717) is 33.7 Å². The summed E-state index contributed by atoms with van der Waals surface area (Å²) in [6.45, 7) is 1.64. The van der Waals surface area contributed by atoms with Crippen molar-refractivity contribution in [2.45, 2.75) is 19.8 Å². The van der Waals surface area contributed by atoms with Crippen LogP contribution in [-0.2, 0) is 6.42 Å². The van der Waals surface area contributed by atoms with E-state index in [2.05, 4.69) is 20.4 Å². The fourth-order valence-electron chi connectivity index (χ4n) is 3.16. The number of carbonyl (C=O) groups excluding carboxylic acids is 1. The lowest BCUT2D eigenvalue weighted by Gasteiger charge is -2.10. The molecule has 1 N–H and O–H groups in total. The second-order valence-electron chi connectivity index (χ2n) is 6.63. The Morgan fingerprint density at radius 1 is 1.20 bits per heavy atom. The first kappa shape index (κ1) is 19.6. The molecule has 152 valence electrons. The number of alkyl halides is 2. The Hall–Kier alpha value is -3.75. The number of amides is 1. The van der Waals surface area contributed by atoms with Crippen LogP contribution in [0.4, 0.5) is 13.2 Å². The summed E-state index contributed by atoms with van der Waals surface area (Å²) < 4.78 is 40.6. The van der Waals surface area contributed by atoms with Crippen molar-refractivity contribution in [1.82, 2.24) is 19.6 Å². The van der Waals surface area contributed by atoms with Crippen molar-refractivity contribution in [3.05, 3.63) is 77.6 Å². The van der Waals surface area contributed by atoms with Gasteiger partial charge in [0, 0.05) is 36.1 Å². The summed E-state index contributed by atoms with van der Waals surface area (Å²) in [6.07, 6.45) is 1.28. The Bertz CT molecular complexity index is 1240. The molecule has 4 aromatic rings. The average Bonchev–Trinajstić information content (AvgIpc) is 3.04. The first-order chi connectivity index (χ1) is 14.4. The molecular formula is C21H16F3N5O. The molecule has 0 bridgehead atoms. The molecule has 1 aromatic carbocycles. The fraction of sp³-hybridized carbons (Fsp3) is 0.143. The highest BCUT2D eigenvalue weighted by Crippen LogP contribution is 2.21. The number of nitrogens with zero attached hydrogens (tertiary/aromatic N) is 4. The van der Waals surface area contributed by atoms with E-state index in [9.17, 15) is 18.0 Å². The van der Waals surface area contributed by atoms with E-state index in [4.69, 9.17) is 0 Å². The molecule has 0 saturated heterocycles. The third-order valence-electron chi connectivity index (χ3n) is 4.54. The molecule has 4 rings (SSSR count). The number of benzene rings is 1. The summed E-state index contributed by atoms with van der Waals surface area (Å²) >= 11 is 0. The molecule has 30 heavy (non-hydrogen) atoms. The summed E-state index contributed by atoms with van der Waals surface area (Å²) in [6, 6.07) is 9.16. The van der Waals surface area contributed by atoms with Gasteiger partial charge in [-0.1, -0.05) is 12.1 Å². The number of aryl methyl sites for hydroxylation is 1. The SMILES string of the molecule is Cc1nc(-c2cccc(F)c2)ncc1C(=O)Nn1cc(CC(F)F)c2ncccc21. The van der Waals surface area contributed by atoms with Crippen molar-refractivity contribution in [3.8, 4) is 11.4 Å². The number of halogens is 3. The lowest BCUT2D eigenvalue weighted by atomic mass is 10.2. The number of hydrogen-bond acceptors (Lipinski definition) is 4. The molecule has 1 amide bonds. The molecule has 9 heteroatoms. The van der Waals surface area contributed by atoms with E-state index in [-0.39, 0.29) is 5.56 Å². The maximum Gasteiger partial charge on any atom is 0.273 e. The molecule has 0 unspecified atom stereocenters. The zero-order valence-electron chi connectivity index (χ0n) is 15.8. The molecule has 0 aliphatic carbocycles. The van der Waals surface area contributed by atoms with Crippen LogP contribution in [0.1, 0.15) is 21.6 Å². The molecule has 0 aliphatic rings. The molecule has 6 nitrogen and oxygen atoms in total. The van der Waals surface area contributed by atoms with Gasteiger partial charge >= 0.3 is 0 Å². The number of pyridine rings is 1. The van der Waals surface area contributed by atoms with E-state index in [0.717, 1.165) is 0 Å². The first-order valence-corrected chi connectivity index (χ1v) is 9.06. The van der Waals surface area contributed by atoms with Gasteiger partial charge in [-0.25, -0.2) is 23.1 Å². The maximum atomic E-state index is 13.4. The van der Waals surface area contributed by atoms with Crippen molar-refractivity contribution < 1.29 is 18.0 Å². The number of rotatable bonds is 5. The summed E-state index contributed by atoms with van der Waals surface area (Å²) in [5.41, 5.74) is 4.97. The topological polar surface area (TPSA) is 72.7 Å². The van der Waals surface area contributed by atoms with Crippen molar-refractivity contribution in [3.63, 3.8) is 0 Å². The van der Waals surface area contributed by atoms with Crippen LogP contribution in [0.15, 0.2) is 55.0 Å². The largest absolute Gasteiger partial charge is 0.273 e. The molecule has 0 radical (unpaired) electrons. The summed E-state index contributed by atoms with van der Waals surface area (Å²) in [5, 5.41) is 0. The van der Waals surface area contributed by atoms with Crippen LogP contribution in [-0.4, -0.2) is 32.0 Å². The average molecular weight is 411 g/mol. The Morgan fingerprint density at radius 3 is 2.77 bits per heavy atom. The van der Waals surface area contributed by atoms with E-state index in [1.807, 2.05) is 0 Å². The smallest absolute Gasteiger partial charge is 0.267 e. The summed E-state index contributed by atoms with van der Waals surface area (Å²) in [4.78, 5) is 25.4. The van der Waals surface area contributed by atoms with Gasteiger partial charge in [-0.2, -0.15) is 0 Å². The second-order valence-corrected chi connectivity index (χ2v) is 6.63. The van der Waals surface area contributed by atoms with Crippen LogP contribution >= 0.6 is 0 Å². The molecule has 3 aromatic heterocycles. The van der Waals surface area contributed by atoms with Crippen LogP contribution in [0, 0.1) is 12.7 Å². The van der Waals surface area contributed by atoms with Crippen molar-refractivity contribution in [2.24, 2.45) is 0 Å². The maximum absolute atomic E-state index is 13.4. The molecule has 0 fully saturated rings. The predicted octanol–water partition coefficient (Wildman–Crippen LogP) is 4.13. The van der Waals surface area contributed by atoms with Gasteiger partial charge < -0.3 is 0 Å². The third-order valence-corrected chi connectivity index (χ3v) is 4.54. The molecular weight excluding hydrogens is 395 g/mol. The molecule has 0 aliphatic heterocycles. The van der Waals surface area contributed by atoms with Crippen molar-refractivity contribution >= 4 is 16.9 Å². The fourth-order valence-corrected chi connectivity index (χ4v) is 3.16. The van der Waals surface area contributed by atoms with Gasteiger partial charge in [-0.15, -0.1) is 0 Å². The molecule has 0 spiro atoms. The van der Waals surface area contributed by atoms with Gasteiger partial charge in [-0.05, 0) is 31.2 Å². The van der Waals surface area contributed by atoms with Crippen LogP contribution in [0.2, 0.25) is 0 Å². The Kier molecular flexibility index (Phi) is 5.18. The minimum atomic E-state index is -2.53. The molecule has 0 atom stereocenters. The lowest BCUT2D eigenvalue weighted by molar-refractivity contribution is 0.101. The van der Waals surface area contributed by atoms with E-state index in [1.54, 1.807) is 31.2 Å². The van der Waals surface area contributed by atoms with Crippen LogP contribution in [0.5, 0.6) is 0 Å². The van der Waals surface area contributed by atoms with Crippen LogP contribution in [0.3, 0.4) is 0 Å². The van der Waals surface area contributed by atoms with Gasteiger partial charge in [0.15, 0.2) is 5.82 Å².